The molecule has 0 saturated carbocycles. The SMILES string of the molecule is Cc1ccc(Sc2ccc(S(C)(=O)=O)cc2)c(CO)c1. The Morgan fingerprint density at radius 2 is 1.75 bits per heavy atom. The first-order valence-corrected chi connectivity index (χ1v) is 8.79. The zero-order chi connectivity index (χ0) is 14.8. The molecule has 2 rings (SSSR count). The molecular weight excluding hydrogens is 292 g/mol. The van der Waals surface area contributed by atoms with Gasteiger partial charge in [-0.2, -0.15) is 0 Å². The summed E-state index contributed by atoms with van der Waals surface area (Å²) in [5, 5.41) is 9.38. The Morgan fingerprint density at radius 3 is 2.30 bits per heavy atom. The summed E-state index contributed by atoms with van der Waals surface area (Å²) in [5.74, 6) is 0. The van der Waals surface area contributed by atoms with Crippen LogP contribution in [0.2, 0.25) is 0 Å². The quantitative estimate of drug-likeness (QED) is 0.943. The van der Waals surface area contributed by atoms with E-state index >= 15 is 0 Å². The van der Waals surface area contributed by atoms with Gasteiger partial charge in [-0.25, -0.2) is 8.42 Å². The Morgan fingerprint density at radius 1 is 1.10 bits per heavy atom. The second kappa shape index (κ2) is 5.99. The average Bonchev–Trinajstić information content (AvgIpc) is 2.40. The van der Waals surface area contributed by atoms with Crippen molar-refractivity contribution in [1.29, 1.82) is 0 Å². The molecule has 0 aliphatic rings. The minimum atomic E-state index is -3.16. The second-order valence-corrected chi connectivity index (χ2v) is 7.75. The van der Waals surface area contributed by atoms with E-state index in [9.17, 15) is 13.5 Å². The molecule has 20 heavy (non-hydrogen) atoms. The van der Waals surface area contributed by atoms with E-state index in [4.69, 9.17) is 0 Å². The lowest BCUT2D eigenvalue weighted by Gasteiger charge is -2.08. The number of hydrogen-bond donors (Lipinski definition) is 1. The summed E-state index contributed by atoms with van der Waals surface area (Å²) in [6.45, 7) is 1.97. The maximum atomic E-state index is 11.4. The van der Waals surface area contributed by atoms with Crippen molar-refractivity contribution in [3.63, 3.8) is 0 Å². The van der Waals surface area contributed by atoms with Crippen LogP contribution >= 0.6 is 11.8 Å². The topological polar surface area (TPSA) is 54.4 Å². The molecule has 0 bridgehead atoms. The van der Waals surface area contributed by atoms with Gasteiger partial charge in [-0.05, 0) is 42.8 Å². The highest BCUT2D eigenvalue weighted by atomic mass is 32.2. The summed E-state index contributed by atoms with van der Waals surface area (Å²) < 4.78 is 22.8. The summed E-state index contributed by atoms with van der Waals surface area (Å²) in [5.41, 5.74) is 1.98. The van der Waals surface area contributed by atoms with E-state index in [0.29, 0.717) is 4.90 Å². The molecule has 0 spiro atoms. The molecule has 0 saturated heterocycles. The lowest BCUT2D eigenvalue weighted by atomic mass is 10.1. The van der Waals surface area contributed by atoms with Crippen molar-refractivity contribution in [1.82, 2.24) is 0 Å². The standard InChI is InChI=1S/C15H16O3S2/c1-11-3-8-15(12(9-11)10-16)19-13-4-6-14(7-5-13)20(2,17)18/h3-9,16H,10H2,1-2H3. The van der Waals surface area contributed by atoms with Gasteiger partial charge in [-0.3, -0.25) is 0 Å². The Balaban J connectivity index is 2.27. The molecule has 0 fully saturated rings. The predicted molar refractivity (Wildman–Crippen MR) is 80.8 cm³/mol. The molecule has 0 atom stereocenters. The van der Waals surface area contributed by atoms with Crippen molar-refractivity contribution < 1.29 is 13.5 Å². The fourth-order valence-electron chi connectivity index (χ4n) is 1.81. The van der Waals surface area contributed by atoms with E-state index in [0.717, 1.165) is 20.9 Å². The maximum Gasteiger partial charge on any atom is 0.175 e. The minimum Gasteiger partial charge on any atom is -0.392 e. The number of benzene rings is 2. The zero-order valence-corrected chi connectivity index (χ0v) is 13.0. The molecular formula is C15H16O3S2. The van der Waals surface area contributed by atoms with Crippen molar-refractivity contribution in [2.75, 3.05) is 6.26 Å². The smallest absolute Gasteiger partial charge is 0.175 e. The van der Waals surface area contributed by atoms with Gasteiger partial charge in [-0.15, -0.1) is 0 Å². The van der Waals surface area contributed by atoms with Gasteiger partial charge < -0.3 is 5.11 Å². The molecule has 0 heterocycles. The fraction of sp³-hybridized carbons (Fsp3) is 0.200. The van der Waals surface area contributed by atoms with Crippen LogP contribution < -0.4 is 0 Å². The molecule has 106 valence electrons. The van der Waals surface area contributed by atoms with E-state index in [1.807, 2.05) is 25.1 Å². The number of aryl methyl sites for hydroxylation is 1. The predicted octanol–water partition coefficient (Wildman–Crippen LogP) is 3.04. The van der Waals surface area contributed by atoms with Crippen LogP contribution in [0.1, 0.15) is 11.1 Å². The molecule has 0 amide bonds. The summed E-state index contributed by atoms with van der Waals surface area (Å²) in [7, 11) is -3.16. The molecule has 1 N–H and O–H groups in total. The van der Waals surface area contributed by atoms with E-state index in [1.165, 1.54) is 18.0 Å². The van der Waals surface area contributed by atoms with Crippen LogP contribution in [-0.4, -0.2) is 19.8 Å². The number of rotatable bonds is 4. The number of aliphatic hydroxyl groups excluding tert-OH is 1. The number of sulfone groups is 1. The fourth-order valence-corrected chi connectivity index (χ4v) is 3.36. The van der Waals surface area contributed by atoms with Gasteiger partial charge in [0.15, 0.2) is 9.84 Å². The largest absolute Gasteiger partial charge is 0.392 e. The monoisotopic (exact) mass is 308 g/mol. The first-order chi connectivity index (χ1) is 9.40. The Bertz CT molecular complexity index is 704. The van der Waals surface area contributed by atoms with Crippen LogP contribution in [0.4, 0.5) is 0 Å². The van der Waals surface area contributed by atoms with Gasteiger partial charge in [-0.1, -0.05) is 29.5 Å². The van der Waals surface area contributed by atoms with Gasteiger partial charge in [0.05, 0.1) is 11.5 Å². The van der Waals surface area contributed by atoms with E-state index in [-0.39, 0.29) is 6.61 Å². The highest BCUT2D eigenvalue weighted by molar-refractivity contribution is 7.99. The van der Waals surface area contributed by atoms with Gasteiger partial charge >= 0.3 is 0 Å². The summed E-state index contributed by atoms with van der Waals surface area (Å²) >= 11 is 1.51. The molecule has 0 radical (unpaired) electrons. The highest BCUT2D eigenvalue weighted by Gasteiger charge is 2.08. The number of aliphatic hydroxyl groups is 1. The van der Waals surface area contributed by atoms with Crippen molar-refractivity contribution in [3.8, 4) is 0 Å². The van der Waals surface area contributed by atoms with Crippen molar-refractivity contribution in [2.45, 2.75) is 28.2 Å². The van der Waals surface area contributed by atoms with Crippen LogP contribution in [-0.2, 0) is 16.4 Å². The average molecular weight is 308 g/mol. The summed E-state index contributed by atoms with van der Waals surface area (Å²) in [4.78, 5) is 2.23. The lowest BCUT2D eigenvalue weighted by Crippen LogP contribution is -1.96. The molecule has 0 aliphatic heterocycles. The van der Waals surface area contributed by atoms with Crippen LogP contribution in [0, 0.1) is 6.92 Å². The third-order valence-electron chi connectivity index (χ3n) is 2.87. The van der Waals surface area contributed by atoms with Crippen molar-refractivity contribution in [2.24, 2.45) is 0 Å². The first-order valence-electron chi connectivity index (χ1n) is 6.08. The van der Waals surface area contributed by atoms with E-state index in [1.54, 1.807) is 24.3 Å². The maximum absolute atomic E-state index is 11.4. The molecule has 5 heteroatoms. The van der Waals surface area contributed by atoms with Crippen molar-refractivity contribution in [3.05, 3.63) is 53.6 Å². The number of hydrogen-bond acceptors (Lipinski definition) is 4. The normalized spacial score (nSPS) is 11.6. The molecule has 0 aliphatic carbocycles. The lowest BCUT2D eigenvalue weighted by molar-refractivity contribution is 0.279. The van der Waals surface area contributed by atoms with Gasteiger partial charge in [0.1, 0.15) is 0 Å². The van der Waals surface area contributed by atoms with Gasteiger partial charge in [0, 0.05) is 16.0 Å². The van der Waals surface area contributed by atoms with Gasteiger partial charge in [0.2, 0.25) is 0 Å². The zero-order valence-electron chi connectivity index (χ0n) is 11.3. The van der Waals surface area contributed by atoms with E-state index < -0.39 is 9.84 Å². The molecule has 2 aromatic carbocycles. The third kappa shape index (κ3) is 3.62. The molecule has 2 aromatic rings. The summed E-state index contributed by atoms with van der Waals surface area (Å²) in [6, 6.07) is 12.7. The second-order valence-electron chi connectivity index (χ2n) is 4.61. The highest BCUT2D eigenvalue weighted by Crippen LogP contribution is 2.31. The Hall–Kier alpha value is -1.30. The van der Waals surface area contributed by atoms with E-state index in [2.05, 4.69) is 0 Å². The Labute approximate surface area is 123 Å². The molecule has 3 nitrogen and oxygen atoms in total. The molecule has 0 aromatic heterocycles. The van der Waals surface area contributed by atoms with Crippen LogP contribution in [0.3, 0.4) is 0 Å². The third-order valence-corrected chi connectivity index (χ3v) is 5.12. The van der Waals surface area contributed by atoms with Crippen LogP contribution in [0.5, 0.6) is 0 Å². The Kier molecular flexibility index (Phi) is 4.52. The first kappa shape index (κ1) is 15.1. The molecule has 0 unspecified atom stereocenters. The van der Waals surface area contributed by atoms with Crippen molar-refractivity contribution >= 4 is 21.6 Å². The minimum absolute atomic E-state index is 0.00850. The van der Waals surface area contributed by atoms with Gasteiger partial charge in [0.25, 0.3) is 0 Å². The van der Waals surface area contributed by atoms with Crippen LogP contribution in [0.15, 0.2) is 57.2 Å². The van der Waals surface area contributed by atoms with Crippen LogP contribution in [0.25, 0.3) is 0 Å². The summed E-state index contributed by atoms with van der Waals surface area (Å²) in [6.07, 6.45) is 1.19.